The van der Waals surface area contributed by atoms with Gasteiger partial charge in [0.1, 0.15) is 11.5 Å². The van der Waals surface area contributed by atoms with Crippen molar-refractivity contribution in [3.8, 4) is 11.5 Å². The van der Waals surface area contributed by atoms with Crippen LogP contribution in [0, 0.1) is 0 Å². The molecule has 146 valence electrons. The highest BCUT2D eigenvalue weighted by Gasteiger charge is 2.12. The maximum atomic E-state index is 12.8. The van der Waals surface area contributed by atoms with Crippen molar-refractivity contribution < 1.29 is 14.3 Å². The van der Waals surface area contributed by atoms with E-state index in [0.29, 0.717) is 17.1 Å². The lowest BCUT2D eigenvalue weighted by Gasteiger charge is -2.08. The zero-order chi connectivity index (χ0) is 20.4. The predicted octanol–water partition coefficient (Wildman–Crippen LogP) is 5.73. The van der Waals surface area contributed by atoms with Crippen LogP contribution < -0.4 is 9.47 Å². The number of fused-ring (bicyclic) bond motifs is 3. The van der Waals surface area contributed by atoms with Gasteiger partial charge in [0, 0.05) is 28.4 Å². The number of allylic oxidation sites excluding steroid dienone is 1. The smallest absolute Gasteiger partial charge is 0.189 e. The molecule has 4 nitrogen and oxygen atoms in total. The van der Waals surface area contributed by atoms with E-state index in [4.69, 9.17) is 9.47 Å². The van der Waals surface area contributed by atoms with Gasteiger partial charge in [0.05, 0.1) is 19.8 Å². The van der Waals surface area contributed by atoms with Crippen LogP contribution in [0.5, 0.6) is 11.5 Å². The van der Waals surface area contributed by atoms with E-state index in [0.717, 1.165) is 12.1 Å². The predicted molar refractivity (Wildman–Crippen MR) is 118 cm³/mol. The highest BCUT2D eigenvalue weighted by atomic mass is 16.5. The Kier molecular flexibility index (Phi) is 5.09. The molecule has 0 aliphatic heterocycles. The lowest BCUT2D eigenvalue weighted by atomic mass is 10.1. The first-order chi connectivity index (χ1) is 14.2. The molecule has 0 saturated heterocycles. The van der Waals surface area contributed by atoms with Gasteiger partial charge >= 0.3 is 0 Å². The number of hydrogen-bond acceptors (Lipinski definition) is 3. The van der Waals surface area contributed by atoms with E-state index in [1.807, 2.05) is 12.1 Å². The fraction of sp³-hybridized carbons (Fsp3) is 0.160. The van der Waals surface area contributed by atoms with Gasteiger partial charge in [0.15, 0.2) is 5.78 Å². The lowest BCUT2D eigenvalue weighted by molar-refractivity contribution is 0.104. The Labute approximate surface area is 170 Å². The molecule has 0 spiro atoms. The molecule has 0 unspecified atom stereocenters. The third kappa shape index (κ3) is 3.38. The lowest BCUT2D eigenvalue weighted by Crippen LogP contribution is -1.99. The van der Waals surface area contributed by atoms with Crippen molar-refractivity contribution in [3.63, 3.8) is 0 Å². The van der Waals surface area contributed by atoms with Crippen LogP contribution in [0.3, 0.4) is 0 Å². The molecule has 0 amide bonds. The van der Waals surface area contributed by atoms with Crippen LogP contribution in [0.2, 0.25) is 0 Å². The first-order valence-electron chi connectivity index (χ1n) is 9.61. The molecule has 0 aliphatic carbocycles. The van der Waals surface area contributed by atoms with Gasteiger partial charge in [0.25, 0.3) is 0 Å². The minimum atomic E-state index is -0.128. The van der Waals surface area contributed by atoms with Gasteiger partial charge < -0.3 is 14.0 Å². The maximum absolute atomic E-state index is 12.8. The average molecular weight is 385 g/mol. The summed E-state index contributed by atoms with van der Waals surface area (Å²) in [4.78, 5) is 12.8. The van der Waals surface area contributed by atoms with E-state index >= 15 is 0 Å². The zero-order valence-electron chi connectivity index (χ0n) is 16.8. The third-order valence-electron chi connectivity index (χ3n) is 5.21. The second kappa shape index (κ2) is 7.84. The largest absolute Gasteiger partial charge is 0.497 e. The number of hydrogen-bond donors (Lipinski definition) is 0. The van der Waals surface area contributed by atoms with Crippen LogP contribution >= 0.6 is 0 Å². The van der Waals surface area contributed by atoms with Crippen molar-refractivity contribution >= 4 is 33.7 Å². The number of ketones is 1. The Balaban J connectivity index is 1.72. The molecular weight excluding hydrogens is 362 g/mol. The summed E-state index contributed by atoms with van der Waals surface area (Å²) in [6.07, 6.45) is 3.43. The fourth-order valence-corrected chi connectivity index (χ4v) is 3.78. The van der Waals surface area contributed by atoms with Crippen molar-refractivity contribution in [2.45, 2.75) is 13.5 Å². The molecule has 0 atom stereocenters. The van der Waals surface area contributed by atoms with Crippen molar-refractivity contribution in [2.75, 3.05) is 14.2 Å². The number of aromatic nitrogens is 1. The second-order valence-corrected chi connectivity index (χ2v) is 6.80. The van der Waals surface area contributed by atoms with Crippen molar-refractivity contribution in [1.29, 1.82) is 0 Å². The number of rotatable bonds is 6. The first kappa shape index (κ1) is 18.8. The quantitative estimate of drug-likeness (QED) is 0.314. The summed E-state index contributed by atoms with van der Waals surface area (Å²) in [6.45, 7) is 3.06. The molecule has 0 fully saturated rings. The van der Waals surface area contributed by atoms with Gasteiger partial charge in [-0.2, -0.15) is 0 Å². The molecule has 0 aliphatic rings. The van der Waals surface area contributed by atoms with Crippen LogP contribution in [0.15, 0.2) is 66.7 Å². The number of aryl methyl sites for hydroxylation is 1. The zero-order valence-corrected chi connectivity index (χ0v) is 16.8. The van der Waals surface area contributed by atoms with E-state index in [1.165, 1.54) is 21.8 Å². The molecule has 1 heterocycles. The highest BCUT2D eigenvalue weighted by molar-refractivity contribution is 6.10. The van der Waals surface area contributed by atoms with Gasteiger partial charge in [-0.15, -0.1) is 0 Å². The van der Waals surface area contributed by atoms with Crippen molar-refractivity contribution in [1.82, 2.24) is 4.57 Å². The van der Waals surface area contributed by atoms with Crippen LogP contribution in [-0.4, -0.2) is 24.6 Å². The first-order valence-corrected chi connectivity index (χ1v) is 9.61. The maximum Gasteiger partial charge on any atom is 0.189 e. The molecule has 4 heteroatoms. The third-order valence-corrected chi connectivity index (χ3v) is 5.21. The number of carbonyl (C=O) groups is 1. The summed E-state index contributed by atoms with van der Waals surface area (Å²) in [6, 6.07) is 19.9. The van der Waals surface area contributed by atoms with Crippen LogP contribution in [0.4, 0.5) is 0 Å². The number of methoxy groups -OCH3 is 2. The summed E-state index contributed by atoms with van der Waals surface area (Å²) < 4.78 is 12.9. The number of para-hydroxylation sites is 1. The Morgan fingerprint density at radius 1 is 0.931 bits per heavy atom. The SMILES string of the molecule is CCn1c2ccccc2c2cc(C=CC(=O)c3cc(OC)ccc3OC)ccc21. The summed E-state index contributed by atoms with van der Waals surface area (Å²) in [7, 11) is 3.13. The highest BCUT2D eigenvalue weighted by Crippen LogP contribution is 2.30. The van der Waals surface area contributed by atoms with Gasteiger partial charge in [-0.05, 0) is 55.0 Å². The average Bonchev–Trinajstić information content (AvgIpc) is 3.10. The van der Waals surface area contributed by atoms with E-state index in [2.05, 4.69) is 47.9 Å². The molecule has 0 saturated carbocycles. The van der Waals surface area contributed by atoms with E-state index < -0.39 is 0 Å². The molecule has 4 aromatic rings. The fourth-order valence-electron chi connectivity index (χ4n) is 3.78. The molecule has 29 heavy (non-hydrogen) atoms. The van der Waals surface area contributed by atoms with Gasteiger partial charge in [-0.1, -0.05) is 30.3 Å². The van der Waals surface area contributed by atoms with E-state index in [9.17, 15) is 4.79 Å². The summed E-state index contributed by atoms with van der Waals surface area (Å²) in [5.41, 5.74) is 3.88. The van der Waals surface area contributed by atoms with Crippen molar-refractivity contribution in [2.24, 2.45) is 0 Å². The summed E-state index contributed by atoms with van der Waals surface area (Å²) in [5.74, 6) is 1.02. The Morgan fingerprint density at radius 3 is 2.48 bits per heavy atom. The normalized spacial score (nSPS) is 11.4. The van der Waals surface area contributed by atoms with Gasteiger partial charge in [-0.25, -0.2) is 0 Å². The monoisotopic (exact) mass is 385 g/mol. The Morgan fingerprint density at radius 2 is 1.72 bits per heavy atom. The van der Waals surface area contributed by atoms with Crippen LogP contribution in [-0.2, 0) is 6.54 Å². The Hall–Kier alpha value is -3.53. The molecule has 0 radical (unpaired) electrons. The number of benzene rings is 3. The molecule has 0 N–H and O–H groups in total. The van der Waals surface area contributed by atoms with E-state index in [-0.39, 0.29) is 5.78 Å². The molecule has 4 rings (SSSR count). The minimum absolute atomic E-state index is 0.128. The van der Waals surface area contributed by atoms with Crippen molar-refractivity contribution in [3.05, 3.63) is 77.9 Å². The van der Waals surface area contributed by atoms with E-state index in [1.54, 1.807) is 38.5 Å². The number of carbonyl (C=O) groups excluding carboxylic acids is 1. The summed E-state index contributed by atoms with van der Waals surface area (Å²) >= 11 is 0. The summed E-state index contributed by atoms with van der Waals surface area (Å²) in [5, 5.41) is 2.41. The molecule has 1 aromatic heterocycles. The Bertz CT molecular complexity index is 1230. The number of ether oxygens (including phenoxy) is 2. The van der Waals surface area contributed by atoms with Gasteiger partial charge in [0.2, 0.25) is 0 Å². The second-order valence-electron chi connectivity index (χ2n) is 6.80. The van der Waals surface area contributed by atoms with Crippen LogP contribution in [0.25, 0.3) is 27.9 Å². The number of nitrogens with zero attached hydrogens (tertiary/aromatic N) is 1. The van der Waals surface area contributed by atoms with Crippen LogP contribution in [0.1, 0.15) is 22.8 Å². The molecule has 0 bridgehead atoms. The topological polar surface area (TPSA) is 40.5 Å². The van der Waals surface area contributed by atoms with Gasteiger partial charge in [-0.3, -0.25) is 4.79 Å². The molecule has 3 aromatic carbocycles. The molecular formula is C25H23NO3. The standard InChI is InChI=1S/C25H23NO3/c1-4-26-22-8-6-5-7-19(22)20-15-17(9-12-23(20)26)10-13-24(27)21-16-18(28-2)11-14-25(21)29-3/h5-16H,4H2,1-3H3. The minimum Gasteiger partial charge on any atom is -0.497 e.